The highest BCUT2D eigenvalue weighted by molar-refractivity contribution is 14.1. The van der Waals surface area contributed by atoms with Crippen LogP contribution in [0.4, 0.5) is 5.69 Å². The predicted octanol–water partition coefficient (Wildman–Crippen LogP) is 2.86. The summed E-state index contributed by atoms with van der Waals surface area (Å²) in [5.74, 6) is 0. The Labute approximate surface area is 152 Å². The first kappa shape index (κ1) is 18.4. The van der Waals surface area contributed by atoms with Crippen LogP contribution in [0.25, 0.3) is 10.8 Å². The number of hydrogen-bond donors (Lipinski definition) is 1. The van der Waals surface area contributed by atoms with Crippen molar-refractivity contribution in [2.45, 2.75) is 11.3 Å². The summed E-state index contributed by atoms with van der Waals surface area (Å²) < 4.78 is 29.9. The van der Waals surface area contributed by atoms with Crippen molar-refractivity contribution in [2.75, 3.05) is 37.3 Å². The van der Waals surface area contributed by atoms with Gasteiger partial charge in [0.1, 0.15) is 0 Å². The van der Waals surface area contributed by atoms with Crippen LogP contribution in [0.1, 0.15) is 6.42 Å². The van der Waals surface area contributed by atoms with Gasteiger partial charge < -0.3 is 8.01 Å². The molecule has 0 bridgehead atoms. The van der Waals surface area contributed by atoms with E-state index in [1.807, 2.05) is 53.4 Å². The maximum atomic E-state index is 12.6. The molecule has 2 aromatic rings. The standard InChI is InChI=1S/C16H22IN3O2S/c1-19(2)12-6-11-18-23(21,22)16-10-5-7-13-14(16)8-4-9-15(13)20(3)17/h4-5,7-10,18H,6,11-12H2,1-3H3. The number of rotatable bonds is 7. The van der Waals surface area contributed by atoms with Crippen LogP contribution >= 0.6 is 22.9 Å². The SMILES string of the molecule is CN(C)CCCNS(=O)(=O)c1cccc2c(N(C)I)cccc12. The van der Waals surface area contributed by atoms with Crippen LogP contribution < -0.4 is 7.84 Å². The number of nitrogens with one attached hydrogen (secondary N) is 1. The summed E-state index contributed by atoms with van der Waals surface area (Å²) in [6.45, 7) is 1.28. The van der Waals surface area contributed by atoms with Crippen molar-refractivity contribution in [3.8, 4) is 0 Å². The first-order valence-corrected chi connectivity index (χ1v) is 9.83. The van der Waals surface area contributed by atoms with Crippen LogP contribution in [0, 0.1) is 0 Å². The molecule has 0 atom stereocenters. The van der Waals surface area contributed by atoms with E-state index >= 15 is 0 Å². The zero-order chi connectivity index (χ0) is 17.0. The molecule has 1 N–H and O–H groups in total. The third kappa shape index (κ3) is 4.56. The van der Waals surface area contributed by atoms with Gasteiger partial charge in [0.15, 0.2) is 0 Å². The molecule has 0 aromatic heterocycles. The van der Waals surface area contributed by atoms with Gasteiger partial charge in [-0.1, -0.05) is 24.3 Å². The molecule has 5 nitrogen and oxygen atoms in total. The minimum Gasteiger partial charge on any atom is -0.317 e. The Morgan fingerprint density at radius 1 is 1.04 bits per heavy atom. The molecule has 7 heteroatoms. The second-order valence-electron chi connectivity index (χ2n) is 5.66. The quantitative estimate of drug-likeness (QED) is 0.403. The Hall–Kier alpha value is -0.900. The van der Waals surface area contributed by atoms with Gasteiger partial charge in [-0.05, 0) is 39.2 Å². The van der Waals surface area contributed by atoms with E-state index in [9.17, 15) is 8.42 Å². The van der Waals surface area contributed by atoms with Crippen LogP contribution in [0.2, 0.25) is 0 Å². The second kappa shape index (κ2) is 7.78. The van der Waals surface area contributed by atoms with Gasteiger partial charge in [0.2, 0.25) is 10.0 Å². The minimum absolute atomic E-state index is 0.333. The van der Waals surface area contributed by atoms with Crippen molar-refractivity contribution in [2.24, 2.45) is 0 Å². The Kier molecular flexibility index (Phi) is 6.24. The fourth-order valence-electron chi connectivity index (χ4n) is 2.45. The average molecular weight is 447 g/mol. The number of anilines is 1. The van der Waals surface area contributed by atoms with Crippen LogP contribution in [-0.2, 0) is 10.0 Å². The van der Waals surface area contributed by atoms with Crippen molar-refractivity contribution in [1.29, 1.82) is 0 Å². The van der Waals surface area contributed by atoms with E-state index in [0.717, 1.165) is 29.4 Å². The lowest BCUT2D eigenvalue weighted by Gasteiger charge is -2.15. The normalized spacial score (nSPS) is 12.0. The van der Waals surface area contributed by atoms with Crippen LogP contribution in [-0.4, -0.2) is 47.6 Å². The molecule has 0 heterocycles. The van der Waals surface area contributed by atoms with E-state index in [1.54, 1.807) is 12.1 Å². The lowest BCUT2D eigenvalue weighted by Crippen LogP contribution is -2.27. The van der Waals surface area contributed by atoms with Crippen molar-refractivity contribution in [3.63, 3.8) is 0 Å². The van der Waals surface area contributed by atoms with Gasteiger partial charge in [0.05, 0.1) is 33.4 Å². The van der Waals surface area contributed by atoms with E-state index in [-0.39, 0.29) is 0 Å². The third-order valence-corrected chi connectivity index (χ3v) is 5.59. The highest BCUT2D eigenvalue weighted by Gasteiger charge is 2.18. The molecule has 0 radical (unpaired) electrons. The molecule has 0 amide bonds. The molecular formula is C16H22IN3O2S. The fourth-order valence-corrected chi connectivity index (χ4v) is 4.16. The molecule has 2 rings (SSSR count). The van der Waals surface area contributed by atoms with Gasteiger partial charge in [-0.3, -0.25) is 0 Å². The monoisotopic (exact) mass is 447 g/mol. The largest absolute Gasteiger partial charge is 0.317 e. The van der Waals surface area contributed by atoms with Gasteiger partial charge in [0, 0.05) is 24.4 Å². The second-order valence-corrected chi connectivity index (χ2v) is 8.84. The number of halogens is 1. The van der Waals surface area contributed by atoms with E-state index in [0.29, 0.717) is 11.4 Å². The van der Waals surface area contributed by atoms with Gasteiger partial charge in [-0.25, -0.2) is 13.1 Å². The highest BCUT2D eigenvalue weighted by Crippen LogP contribution is 2.31. The first-order valence-electron chi connectivity index (χ1n) is 7.38. The van der Waals surface area contributed by atoms with Crippen LogP contribution in [0.15, 0.2) is 41.3 Å². The van der Waals surface area contributed by atoms with Crippen molar-refractivity contribution in [3.05, 3.63) is 36.4 Å². The molecule has 126 valence electrons. The Balaban J connectivity index is 2.34. The lowest BCUT2D eigenvalue weighted by molar-refractivity contribution is 0.400. The molecule has 0 saturated heterocycles. The van der Waals surface area contributed by atoms with Crippen molar-refractivity contribution in [1.82, 2.24) is 9.62 Å². The summed E-state index contributed by atoms with van der Waals surface area (Å²) in [7, 11) is 2.37. The Morgan fingerprint density at radius 3 is 2.35 bits per heavy atom. The van der Waals surface area contributed by atoms with E-state index in [1.165, 1.54) is 0 Å². The van der Waals surface area contributed by atoms with Gasteiger partial charge in [-0.15, -0.1) is 0 Å². The van der Waals surface area contributed by atoms with E-state index < -0.39 is 10.0 Å². The molecule has 0 aliphatic rings. The maximum absolute atomic E-state index is 12.6. The molecule has 0 unspecified atom stereocenters. The molecule has 0 fully saturated rings. The zero-order valence-corrected chi connectivity index (χ0v) is 16.6. The van der Waals surface area contributed by atoms with Gasteiger partial charge >= 0.3 is 0 Å². The fraction of sp³-hybridized carbons (Fsp3) is 0.375. The van der Waals surface area contributed by atoms with Gasteiger partial charge in [0.25, 0.3) is 0 Å². The van der Waals surface area contributed by atoms with Gasteiger partial charge in [-0.2, -0.15) is 0 Å². The van der Waals surface area contributed by atoms with E-state index in [4.69, 9.17) is 0 Å². The number of nitrogens with zero attached hydrogens (tertiary/aromatic N) is 2. The molecule has 0 spiro atoms. The molecule has 0 saturated carbocycles. The summed E-state index contributed by atoms with van der Waals surface area (Å²) in [6, 6.07) is 11.1. The molecular weight excluding hydrogens is 425 g/mol. The number of benzene rings is 2. The summed E-state index contributed by atoms with van der Waals surface area (Å²) >= 11 is 2.19. The van der Waals surface area contributed by atoms with Crippen molar-refractivity contribution < 1.29 is 8.42 Å². The zero-order valence-electron chi connectivity index (χ0n) is 13.6. The van der Waals surface area contributed by atoms with Crippen LogP contribution in [0.3, 0.4) is 0 Å². The Bertz CT molecular complexity index is 776. The number of fused-ring (bicyclic) bond motifs is 1. The molecule has 2 aromatic carbocycles. The average Bonchev–Trinajstić information content (AvgIpc) is 2.50. The number of sulfonamides is 1. The summed E-state index contributed by atoms with van der Waals surface area (Å²) in [5.41, 5.74) is 0.993. The summed E-state index contributed by atoms with van der Waals surface area (Å²) in [4.78, 5) is 2.37. The summed E-state index contributed by atoms with van der Waals surface area (Å²) in [5, 5.41) is 1.68. The topological polar surface area (TPSA) is 52.7 Å². The lowest BCUT2D eigenvalue weighted by atomic mass is 10.1. The molecule has 0 aliphatic heterocycles. The molecule has 0 aliphatic carbocycles. The van der Waals surface area contributed by atoms with E-state index in [2.05, 4.69) is 27.6 Å². The predicted molar refractivity (Wildman–Crippen MR) is 105 cm³/mol. The third-order valence-electron chi connectivity index (χ3n) is 3.55. The highest BCUT2D eigenvalue weighted by atomic mass is 127. The summed E-state index contributed by atoms with van der Waals surface area (Å²) in [6.07, 6.45) is 0.777. The maximum Gasteiger partial charge on any atom is 0.241 e. The van der Waals surface area contributed by atoms with Crippen LogP contribution in [0.5, 0.6) is 0 Å². The van der Waals surface area contributed by atoms with Crippen molar-refractivity contribution >= 4 is 49.3 Å². The molecule has 23 heavy (non-hydrogen) atoms. The smallest absolute Gasteiger partial charge is 0.241 e. The minimum atomic E-state index is -3.52. The number of hydrogen-bond acceptors (Lipinski definition) is 4. The first-order chi connectivity index (χ1) is 10.8. The Morgan fingerprint density at radius 2 is 1.70 bits per heavy atom.